The van der Waals surface area contributed by atoms with Crippen LogP contribution >= 0.6 is 0 Å². The van der Waals surface area contributed by atoms with E-state index in [2.05, 4.69) is 6.58 Å². The summed E-state index contributed by atoms with van der Waals surface area (Å²) in [7, 11) is 0. The van der Waals surface area contributed by atoms with Gasteiger partial charge in [0.15, 0.2) is 0 Å². The van der Waals surface area contributed by atoms with Crippen LogP contribution in [0.3, 0.4) is 0 Å². The molecule has 0 saturated heterocycles. The number of hydrogen-bond acceptors (Lipinski definition) is 1. The van der Waals surface area contributed by atoms with Crippen molar-refractivity contribution in [1.29, 1.82) is 0 Å². The normalized spacial score (nSPS) is 10.5. The summed E-state index contributed by atoms with van der Waals surface area (Å²) in [6, 6.07) is 10.0. The van der Waals surface area contributed by atoms with Gasteiger partial charge < -0.3 is 5.11 Å². The summed E-state index contributed by atoms with van der Waals surface area (Å²) in [5.74, 6) is 0. The Morgan fingerprint density at radius 2 is 2.00 bits per heavy atom. The van der Waals surface area contributed by atoms with Crippen LogP contribution < -0.4 is 0 Å². The highest BCUT2D eigenvalue weighted by Crippen LogP contribution is 2.05. The van der Waals surface area contributed by atoms with Crippen molar-refractivity contribution in [3.05, 3.63) is 54.1 Å². The van der Waals surface area contributed by atoms with E-state index in [9.17, 15) is 0 Å². The largest absolute Gasteiger partial charge is 0.396 e. The van der Waals surface area contributed by atoms with Gasteiger partial charge >= 0.3 is 0 Å². The second-order valence-corrected chi connectivity index (χ2v) is 2.88. The average molecular weight is 174 g/mol. The zero-order valence-electron chi connectivity index (χ0n) is 7.61. The Morgan fingerprint density at radius 3 is 2.62 bits per heavy atom. The second-order valence-electron chi connectivity index (χ2n) is 2.88. The lowest BCUT2D eigenvalue weighted by atomic mass is 10.1. The summed E-state index contributed by atoms with van der Waals surface area (Å²) in [5, 5.41) is 8.64. The molecule has 0 aromatic heterocycles. The van der Waals surface area contributed by atoms with Crippen LogP contribution in [0.2, 0.25) is 0 Å². The molecule has 0 atom stereocenters. The molecule has 0 unspecified atom stereocenters. The van der Waals surface area contributed by atoms with E-state index >= 15 is 0 Å². The fourth-order valence-corrected chi connectivity index (χ4v) is 1.01. The first-order valence-corrected chi connectivity index (χ1v) is 4.34. The third kappa shape index (κ3) is 3.72. The van der Waals surface area contributed by atoms with E-state index in [1.54, 1.807) is 0 Å². The van der Waals surface area contributed by atoms with Crippen LogP contribution in [0.5, 0.6) is 0 Å². The summed E-state index contributed by atoms with van der Waals surface area (Å²) >= 11 is 0. The van der Waals surface area contributed by atoms with E-state index < -0.39 is 0 Å². The van der Waals surface area contributed by atoms with Crippen molar-refractivity contribution in [1.82, 2.24) is 0 Å². The van der Waals surface area contributed by atoms with Gasteiger partial charge in [0, 0.05) is 6.61 Å². The molecule has 0 aliphatic carbocycles. The third-order valence-corrected chi connectivity index (χ3v) is 1.74. The molecule has 0 saturated carbocycles. The van der Waals surface area contributed by atoms with Gasteiger partial charge in [0.1, 0.15) is 0 Å². The molecule has 0 radical (unpaired) electrons. The molecule has 1 aromatic carbocycles. The predicted molar refractivity (Wildman–Crippen MR) is 56.3 cm³/mol. The van der Waals surface area contributed by atoms with Crippen LogP contribution in [-0.4, -0.2) is 11.7 Å². The van der Waals surface area contributed by atoms with Crippen molar-refractivity contribution >= 4 is 6.08 Å². The van der Waals surface area contributed by atoms with Crippen LogP contribution in [0.4, 0.5) is 0 Å². The van der Waals surface area contributed by atoms with E-state index in [1.807, 2.05) is 42.5 Å². The zero-order chi connectivity index (χ0) is 9.52. The van der Waals surface area contributed by atoms with Crippen molar-refractivity contribution in [3.63, 3.8) is 0 Å². The van der Waals surface area contributed by atoms with Gasteiger partial charge in [0.05, 0.1) is 0 Å². The lowest BCUT2D eigenvalue weighted by Crippen LogP contribution is -1.82. The molecule has 1 N–H and O–H groups in total. The van der Waals surface area contributed by atoms with Gasteiger partial charge in [-0.25, -0.2) is 0 Å². The molecule has 0 bridgehead atoms. The van der Waals surface area contributed by atoms with E-state index in [0.29, 0.717) is 6.42 Å². The molecule has 0 heterocycles. The fraction of sp³-hybridized carbons (Fsp3) is 0.167. The molecule has 0 spiro atoms. The third-order valence-electron chi connectivity index (χ3n) is 1.74. The first-order valence-electron chi connectivity index (χ1n) is 4.34. The minimum absolute atomic E-state index is 0.165. The van der Waals surface area contributed by atoms with Crippen molar-refractivity contribution in [2.24, 2.45) is 0 Å². The average Bonchev–Trinajstić information content (AvgIpc) is 2.17. The number of benzene rings is 1. The van der Waals surface area contributed by atoms with Gasteiger partial charge in [0.2, 0.25) is 0 Å². The van der Waals surface area contributed by atoms with E-state index in [-0.39, 0.29) is 6.61 Å². The monoisotopic (exact) mass is 174 g/mol. The van der Waals surface area contributed by atoms with Crippen molar-refractivity contribution in [2.75, 3.05) is 6.61 Å². The first kappa shape index (κ1) is 9.75. The summed E-state index contributed by atoms with van der Waals surface area (Å²) in [6.45, 7) is 3.98. The minimum Gasteiger partial charge on any atom is -0.396 e. The maximum Gasteiger partial charge on any atom is 0.0471 e. The molecule has 1 rings (SSSR count). The Hall–Kier alpha value is -1.34. The minimum atomic E-state index is 0.165. The quantitative estimate of drug-likeness (QED) is 0.696. The second kappa shape index (κ2) is 5.33. The van der Waals surface area contributed by atoms with Gasteiger partial charge in [-0.2, -0.15) is 0 Å². The molecule has 1 heteroatoms. The predicted octanol–water partition coefficient (Wildman–Crippen LogP) is 2.64. The number of allylic oxidation sites excluding steroid dienone is 1. The zero-order valence-corrected chi connectivity index (χ0v) is 7.61. The molecule has 1 nitrogen and oxygen atoms in total. The van der Waals surface area contributed by atoms with Gasteiger partial charge in [-0.3, -0.25) is 0 Å². The van der Waals surface area contributed by atoms with Crippen molar-refractivity contribution in [2.45, 2.75) is 6.42 Å². The Kier molecular flexibility index (Phi) is 4.00. The molecule has 0 aliphatic heterocycles. The van der Waals surface area contributed by atoms with Gasteiger partial charge in [0.25, 0.3) is 0 Å². The maximum atomic E-state index is 8.64. The smallest absolute Gasteiger partial charge is 0.0471 e. The van der Waals surface area contributed by atoms with Crippen LogP contribution in [0.25, 0.3) is 6.08 Å². The number of hydrogen-bond donors (Lipinski definition) is 1. The van der Waals surface area contributed by atoms with Crippen LogP contribution in [-0.2, 0) is 0 Å². The summed E-state index contributed by atoms with van der Waals surface area (Å²) in [5.41, 5.74) is 2.10. The summed E-state index contributed by atoms with van der Waals surface area (Å²) < 4.78 is 0. The lowest BCUT2D eigenvalue weighted by molar-refractivity contribution is 0.300. The maximum absolute atomic E-state index is 8.64. The van der Waals surface area contributed by atoms with Crippen molar-refractivity contribution < 1.29 is 5.11 Å². The van der Waals surface area contributed by atoms with Gasteiger partial charge in [-0.1, -0.05) is 54.6 Å². The molecular weight excluding hydrogens is 160 g/mol. The van der Waals surface area contributed by atoms with E-state index in [0.717, 1.165) is 11.1 Å². The van der Waals surface area contributed by atoms with Crippen LogP contribution in [0, 0.1) is 0 Å². The SMILES string of the molecule is C=C(/C=C\c1ccccc1)CCO. The Morgan fingerprint density at radius 1 is 1.31 bits per heavy atom. The molecule has 68 valence electrons. The highest BCUT2D eigenvalue weighted by molar-refractivity contribution is 5.52. The summed E-state index contributed by atoms with van der Waals surface area (Å²) in [4.78, 5) is 0. The first-order chi connectivity index (χ1) is 6.33. The lowest BCUT2D eigenvalue weighted by Gasteiger charge is -1.95. The van der Waals surface area contributed by atoms with Crippen LogP contribution in [0.15, 0.2) is 48.6 Å². The molecule has 13 heavy (non-hydrogen) atoms. The topological polar surface area (TPSA) is 20.2 Å². The van der Waals surface area contributed by atoms with Gasteiger partial charge in [-0.15, -0.1) is 0 Å². The fourth-order valence-electron chi connectivity index (χ4n) is 1.01. The highest BCUT2D eigenvalue weighted by Gasteiger charge is 1.87. The molecule has 0 aliphatic rings. The Bertz CT molecular complexity index is 285. The standard InChI is InChI=1S/C12H14O/c1-11(9-10-13)7-8-12-5-3-2-4-6-12/h2-8,13H,1,9-10H2/b8-7-. The number of aliphatic hydroxyl groups excluding tert-OH is 1. The highest BCUT2D eigenvalue weighted by atomic mass is 16.2. The Labute approximate surface area is 79.0 Å². The Balaban J connectivity index is 2.54. The van der Waals surface area contributed by atoms with Gasteiger partial charge in [-0.05, 0) is 12.0 Å². The van der Waals surface area contributed by atoms with Crippen molar-refractivity contribution in [3.8, 4) is 0 Å². The molecule has 0 fully saturated rings. The number of rotatable bonds is 4. The summed E-state index contributed by atoms with van der Waals surface area (Å²) in [6.07, 6.45) is 4.58. The number of aliphatic hydroxyl groups is 1. The molecule has 0 amide bonds. The van der Waals surface area contributed by atoms with E-state index in [1.165, 1.54) is 0 Å². The van der Waals surface area contributed by atoms with Crippen LogP contribution in [0.1, 0.15) is 12.0 Å². The molecular formula is C12H14O. The van der Waals surface area contributed by atoms with E-state index in [4.69, 9.17) is 5.11 Å². The molecule has 1 aromatic rings.